The monoisotopic (exact) mass is 496 g/mol. The predicted octanol–water partition coefficient (Wildman–Crippen LogP) is 2.73. The molecule has 0 saturated carbocycles. The Morgan fingerprint density at radius 2 is 1.89 bits per heavy atom. The predicted molar refractivity (Wildman–Crippen MR) is 139 cm³/mol. The number of hydrogen-bond acceptors (Lipinski definition) is 8. The number of hydrogen-bond donors (Lipinski definition) is 1. The fourth-order valence-corrected chi connectivity index (χ4v) is 5.08. The zero-order valence-corrected chi connectivity index (χ0v) is 21.9. The van der Waals surface area contributed by atoms with E-state index in [2.05, 4.69) is 69.2 Å². The van der Waals surface area contributed by atoms with Gasteiger partial charge in [0.25, 0.3) is 0 Å². The maximum Gasteiger partial charge on any atom is 0.227 e. The van der Waals surface area contributed by atoms with Crippen molar-refractivity contribution in [3.63, 3.8) is 0 Å². The van der Waals surface area contributed by atoms with Gasteiger partial charge in [-0.3, -0.25) is 10.2 Å². The van der Waals surface area contributed by atoms with Crippen molar-refractivity contribution in [3.8, 4) is 0 Å². The lowest BCUT2D eigenvalue weighted by Crippen LogP contribution is -2.55. The molecule has 194 valence electrons. The third kappa shape index (κ3) is 4.89. The highest BCUT2D eigenvalue weighted by Gasteiger charge is 2.33. The Morgan fingerprint density at radius 1 is 1.08 bits per heavy atom. The lowest BCUT2D eigenvalue weighted by Gasteiger charge is -2.43. The van der Waals surface area contributed by atoms with E-state index in [1.807, 2.05) is 35.5 Å². The van der Waals surface area contributed by atoms with E-state index in [0.717, 1.165) is 37.5 Å². The Bertz CT molecular complexity index is 1190. The maximum absolute atomic E-state index is 14.6. The first-order chi connectivity index (χ1) is 17.2. The number of anilines is 2. The highest BCUT2D eigenvalue weighted by molar-refractivity contribution is 5.48. The number of aromatic nitrogens is 4. The van der Waals surface area contributed by atoms with Gasteiger partial charge in [-0.2, -0.15) is 4.98 Å². The largest absolute Gasteiger partial charge is 0.366 e. The second-order valence-electron chi connectivity index (χ2n) is 10.8. The van der Waals surface area contributed by atoms with Gasteiger partial charge in [0.15, 0.2) is 11.6 Å². The van der Waals surface area contributed by atoms with Gasteiger partial charge in [0.05, 0.1) is 37.0 Å². The molecule has 1 unspecified atom stereocenters. The first-order valence-corrected chi connectivity index (χ1v) is 12.7. The van der Waals surface area contributed by atoms with Crippen LogP contribution in [0.4, 0.5) is 16.2 Å². The number of imidazole rings is 1. The molecule has 2 aliphatic heterocycles. The zero-order valence-electron chi connectivity index (χ0n) is 21.9. The summed E-state index contributed by atoms with van der Waals surface area (Å²) in [5, 5.41) is 3.48. The van der Waals surface area contributed by atoms with Crippen LogP contribution in [0.15, 0.2) is 36.8 Å². The van der Waals surface area contributed by atoms with Crippen molar-refractivity contribution in [2.24, 2.45) is 5.92 Å². The van der Waals surface area contributed by atoms with Gasteiger partial charge in [-0.05, 0) is 46.9 Å². The van der Waals surface area contributed by atoms with Crippen LogP contribution in [-0.4, -0.2) is 82.9 Å². The molecule has 2 atom stereocenters. The van der Waals surface area contributed by atoms with Crippen molar-refractivity contribution in [1.82, 2.24) is 29.6 Å². The molecule has 3 aromatic rings. The Hall–Kier alpha value is -2.82. The molecule has 0 aromatic carbocycles. The summed E-state index contributed by atoms with van der Waals surface area (Å²) in [5.74, 6) is 0.967. The summed E-state index contributed by atoms with van der Waals surface area (Å²) in [5.41, 5.74) is 1.70. The van der Waals surface area contributed by atoms with Crippen LogP contribution in [0.1, 0.15) is 33.4 Å². The Balaban J connectivity index is 1.12. The smallest absolute Gasteiger partial charge is 0.227 e. The van der Waals surface area contributed by atoms with Crippen LogP contribution in [-0.2, 0) is 10.3 Å². The number of piperazine rings is 1. The van der Waals surface area contributed by atoms with E-state index in [-0.39, 0.29) is 17.4 Å². The zero-order chi connectivity index (χ0) is 25.4. The van der Waals surface area contributed by atoms with Crippen LogP contribution in [0.2, 0.25) is 0 Å². The SMILES string of the molecule is CC1CN(c2ncc(F)c(N3CC(COCNC(C)(C)c4cnc5ccccn45)C3)n2)[C@@H](C)CN1C. The fraction of sp³-hybridized carbons (Fsp3) is 0.577. The van der Waals surface area contributed by atoms with Gasteiger partial charge in [-0.15, -0.1) is 0 Å². The molecular formula is C26H37FN8O. The second kappa shape index (κ2) is 9.91. The molecule has 2 fully saturated rings. The topological polar surface area (TPSA) is 74.1 Å². The van der Waals surface area contributed by atoms with E-state index in [0.29, 0.717) is 37.1 Å². The van der Waals surface area contributed by atoms with Crippen LogP contribution in [0.25, 0.3) is 5.65 Å². The van der Waals surface area contributed by atoms with Crippen LogP contribution in [0.3, 0.4) is 0 Å². The quantitative estimate of drug-likeness (QED) is 0.377. The van der Waals surface area contributed by atoms with Gasteiger partial charge < -0.3 is 18.9 Å². The number of nitrogens with one attached hydrogen (secondary N) is 1. The fourth-order valence-electron chi connectivity index (χ4n) is 5.08. The minimum Gasteiger partial charge on any atom is -0.366 e. The molecule has 36 heavy (non-hydrogen) atoms. The number of rotatable bonds is 8. The van der Waals surface area contributed by atoms with Gasteiger partial charge in [0.1, 0.15) is 5.65 Å². The van der Waals surface area contributed by atoms with Gasteiger partial charge >= 0.3 is 0 Å². The summed E-state index contributed by atoms with van der Waals surface area (Å²) in [4.78, 5) is 19.9. The van der Waals surface area contributed by atoms with Crippen molar-refractivity contribution >= 4 is 17.4 Å². The number of ether oxygens (including phenoxy) is 1. The summed E-state index contributed by atoms with van der Waals surface area (Å²) in [7, 11) is 2.13. The highest BCUT2D eigenvalue weighted by Crippen LogP contribution is 2.28. The third-order valence-electron chi connectivity index (χ3n) is 7.55. The number of nitrogens with zero attached hydrogens (tertiary/aromatic N) is 7. The molecule has 0 amide bonds. The summed E-state index contributed by atoms with van der Waals surface area (Å²) < 4.78 is 22.6. The van der Waals surface area contributed by atoms with E-state index in [4.69, 9.17) is 4.74 Å². The van der Waals surface area contributed by atoms with Crippen molar-refractivity contribution in [3.05, 3.63) is 48.3 Å². The number of halogens is 1. The third-order valence-corrected chi connectivity index (χ3v) is 7.55. The van der Waals surface area contributed by atoms with Crippen LogP contribution in [0, 0.1) is 11.7 Å². The van der Waals surface area contributed by atoms with Crippen molar-refractivity contribution in [1.29, 1.82) is 0 Å². The minimum absolute atomic E-state index is 0.277. The van der Waals surface area contributed by atoms with E-state index in [9.17, 15) is 4.39 Å². The molecule has 10 heteroatoms. The Kier molecular flexibility index (Phi) is 6.84. The summed E-state index contributed by atoms with van der Waals surface area (Å²) in [6.07, 6.45) is 5.23. The number of pyridine rings is 1. The van der Waals surface area contributed by atoms with Crippen LogP contribution >= 0.6 is 0 Å². The standard InChI is InChI=1S/C26H37FN8O/c1-18-13-35(19(2)12-32(18)5)25-29-10-21(27)24(31-25)33-14-20(15-33)16-36-17-30-26(3,4)22-11-28-23-8-6-7-9-34(22)23/h6-11,18-20,30H,12-17H2,1-5H3/t18?,19-/m0/s1. The summed E-state index contributed by atoms with van der Waals surface area (Å²) in [6.45, 7) is 12.8. The molecule has 5 heterocycles. The lowest BCUT2D eigenvalue weighted by molar-refractivity contribution is 0.0596. The molecule has 0 radical (unpaired) electrons. The molecule has 1 N–H and O–H groups in total. The molecule has 2 aliphatic rings. The molecule has 0 spiro atoms. The van der Waals surface area contributed by atoms with Crippen molar-refractivity contribution in [2.75, 3.05) is 56.4 Å². The number of fused-ring (bicyclic) bond motifs is 1. The molecule has 0 aliphatic carbocycles. The normalized spacial score (nSPS) is 21.8. The van der Waals surface area contributed by atoms with Gasteiger partial charge in [0.2, 0.25) is 5.95 Å². The summed E-state index contributed by atoms with van der Waals surface area (Å²) >= 11 is 0. The van der Waals surface area contributed by atoms with Crippen molar-refractivity contribution in [2.45, 2.75) is 45.3 Å². The van der Waals surface area contributed by atoms with Gasteiger partial charge in [0, 0.05) is 50.4 Å². The van der Waals surface area contributed by atoms with E-state index in [1.165, 1.54) is 6.20 Å². The van der Waals surface area contributed by atoms with E-state index >= 15 is 0 Å². The van der Waals surface area contributed by atoms with Crippen molar-refractivity contribution < 1.29 is 9.13 Å². The average molecular weight is 497 g/mol. The highest BCUT2D eigenvalue weighted by atomic mass is 19.1. The molecule has 9 nitrogen and oxygen atoms in total. The van der Waals surface area contributed by atoms with Gasteiger partial charge in [-0.1, -0.05) is 6.07 Å². The molecule has 0 bridgehead atoms. The lowest BCUT2D eigenvalue weighted by atomic mass is 10.0. The molecule has 5 rings (SSSR count). The van der Waals surface area contributed by atoms with E-state index in [1.54, 1.807) is 0 Å². The maximum atomic E-state index is 14.6. The number of likely N-dealkylation sites (N-methyl/N-ethyl adjacent to an activating group) is 1. The van der Waals surface area contributed by atoms with Crippen LogP contribution < -0.4 is 15.1 Å². The first-order valence-electron chi connectivity index (χ1n) is 12.7. The molecular weight excluding hydrogens is 459 g/mol. The first kappa shape index (κ1) is 24.9. The second-order valence-corrected chi connectivity index (χ2v) is 10.8. The Morgan fingerprint density at radius 3 is 2.69 bits per heavy atom. The van der Waals surface area contributed by atoms with Gasteiger partial charge in [-0.25, -0.2) is 14.4 Å². The minimum atomic E-state index is -0.371. The van der Waals surface area contributed by atoms with Crippen LogP contribution in [0.5, 0.6) is 0 Å². The molecule has 3 aromatic heterocycles. The Labute approximate surface area is 212 Å². The summed E-state index contributed by atoms with van der Waals surface area (Å²) in [6, 6.07) is 6.66. The van der Waals surface area contributed by atoms with E-state index < -0.39 is 0 Å². The average Bonchev–Trinajstić information content (AvgIpc) is 3.26. The molecule has 2 saturated heterocycles.